The first-order chi connectivity index (χ1) is 9.60. The number of hydrogen-bond acceptors (Lipinski definition) is 3. The first-order valence-corrected chi connectivity index (χ1v) is 8.02. The van der Waals surface area contributed by atoms with Crippen molar-refractivity contribution < 1.29 is 0 Å². The maximum absolute atomic E-state index is 4.57. The van der Waals surface area contributed by atoms with E-state index in [9.17, 15) is 0 Å². The molecule has 1 unspecified atom stereocenters. The molecule has 20 heavy (non-hydrogen) atoms. The van der Waals surface area contributed by atoms with E-state index in [1.165, 1.54) is 10.5 Å². The molecule has 0 spiro atoms. The number of nitrogens with zero attached hydrogens (tertiary/aromatic N) is 2. The van der Waals surface area contributed by atoms with E-state index in [4.69, 9.17) is 0 Å². The van der Waals surface area contributed by atoms with Gasteiger partial charge in [-0.3, -0.25) is 4.68 Å². The minimum atomic E-state index is 0.399. The third kappa shape index (κ3) is 3.87. The third-order valence-corrected chi connectivity index (χ3v) is 4.44. The van der Waals surface area contributed by atoms with Gasteiger partial charge < -0.3 is 5.32 Å². The normalized spacial score (nSPS) is 12.8. The maximum Gasteiger partial charge on any atom is 0.0727 e. The Morgan fingerprint density at radius 1 is 1.15 bits per heavy atom. The second-order valence-electron chi connectivity index (χ2n) is 5.25. The Morgan fingerprint density at radius 3 is 2.40 bits per heavy atom. The summed E-state index contributed by atoms with van der Waals surface area (Å²) in [6, 6.07) is 11.7. The van der Waals surface area contributed by atoms with E-state index in [0.29, 0.717) is 12.1 Å². The van der Waals surface area contributed by atoms with Gasteiger partial charge in [0.1, 0.15) is 0 Å². The van der Waals surface area contributed by atoms with Gasteiger partial charge in [-0.15, -0.1) is 11.8 Å². The Morgan fingerprint density at radius 2 is 1.85 bits per heavy atom. The van der Waals surface area contributed by atoms with Crippen molar-refractivity contribution in [3.05, 3.63) is 47.8 Å². The fourth-order valence-corrected chi connectivity index (χ4v) is 2.72. The van der Waals surface area contributed by atoms with Crippen molar-refractivity contribution in [2.75, 3.05) is 7.05 Å². The highest BCUT2D eigenvalue weighted by molar-refractivity contribution is 7.98. The van der Waals surface area contributed by atoms with Crippen LogP contribution in [0.5, 0.6) is 0 Å². The predicted octanol–water partition coefficient (Wildman–Crippen LogP) is 4.04. The van der Waals surface area contributed by atoms with E-state index in [2.05, 4.69) is 67.7 Å². The Bertz CT molecular complexity index is 531. The Kier molecular flexibility index (Phi) is 5.26. The molecule has 0 aliphatic heterocycles. The highest BCUT2D eigenvalue weighted by Gasteiger charge is 2.04. The zero-order valence-electron chi connectivity index (χ0n) is 12.6. The van der Waals surface area contributed by atoms with Crippen LogP contribution in [-0.2, 0) is 5.75 Å². The standard InChI is InChI=1S/C16H23N3S/c1-12(2)19-10-9-15(18-19)11-20-16-7-5-14(6-8-16)13(3)17-4/h5-10,12-13,17H,11H2,1-4H3. The molecule has 1 heterocycles. The van der Waals surface area contributed by atoms with E-state index in [-0.39, 0.29) is 0 Å². The first kappa shape index (κ1) is 15.1. The first-order valence-electron chi connectivity index (χ1n) is 7.04. The largest absolute Gasteiger partial charge is 0.313 e. The molecule has 0 bridgehead atoms. The van der Waals surface area contributed by atoms with Gasteiger partial charge in [0, 0.05) is 28.9 Å². The quantitative estimate of drug-likeness (QED) is 0.814. The topological polar surface area (TPSA) is 29.9 Å². The molecule has 0 saturated heterocycles. The van der Waals surface area contributed by atoms with Crippen molar-refractivity contribution in [3.63, 3.8) is 0 Å². The molecule has 2 rings (SSSR count). The molecule has 0 aliphatic rings. The molecule has 0 fully saturated rings. The van der Waals surface area contributed by atoms with Crippen molar-refractivity contribution in [1.82, 2.24) is 15.1 Å². The van der Waals surface area contributed by atoms with Crippen LogP contribution in [0.3, 0.4) is 0 Å². The summed E-state index contributed by atoms with van der Waals surface area (Å²) in [7, 11) is 1.98. The lowest BCUT2D eigenvalue weighted by atomic mass is 10.1. The fraction of sp³-hybridized carbons (Fsp3) is 0.438. The molecular formula is C16H23N3S. The molecule has 3 nitrogen and oxygen atoms in total. The number of aromatic nitrogens is 2. The van der Waals surface area contributed by atoms with Gasteiger partial charge in [0.05, 0.1) is 5.69 Å². The van der Waals surface area contributed by atoms with Gasteiger partial charge in [0.15, 0.2) is 0 Å². The summed E-state index contributed by atoms with van der Waals surface area (Å²) in [5, 5.41) is 7.82. The summed E-state index contributed by atoms with van der Waals surface area (Å²) in [4.78, 5) is 1.29. The summed E-state index contributed by atoms with van der Waals surface area (Å²) in [5.74, 6) is 0.917. The van der Waals surface area contributed by atoms with E-state index in [1.807, 2.05) is 23.5 Å². The molecule has 0 saturated carbocycles. The van der Waals surface area contributed by atoms with Gasteiger partial charge in [-0.05, 0) is 51.6 Å². The highest BCUT2D eigenvalue weighted by atomic mass is 32.2. The summed E-state index contributed by atoms with van der Waals surface area (Å²) in [6.07, 6.45) is 2.05. The highest BCUT2D eigenvalue weighted by Crippen LogP contribution is 2.24. The molecule has 0 aliphatic carbocycles. The molecule has 2 aromatic rings. The van der Waals surface area contributed by atoms with Crippen LogP contribution in [0, 0.1) is 0 Å². The van der Waals surface area contributed by atoms with Crippen molar-refractivity contribution in [3.8, 4) is 0 Å². The lowest BCUT2D eigenvalue weighted by molar-refractivity contribution is 0.529. The van der Waals surface area contributed by atoms with Gasteiger partial charge >= 0.3 is 0 Å². The van der Waals surface area contributed by atoms with E-state index < -0.39 is 0 Å². The van der Waals surface area contributed by atoms with Crippen LogP contribution < -0.4 is 5.32 Å². The number of nitrogens with one attached hydrogen (secondary N) is 1. The average Bonchev–Trinajstić information content (AvgIpc) is 2.94. The van der Waals surface area contributed by atoms with Crippen molar-refractivity contribution in [2.45, 2.75) is 43.5 Å². The molecule has 0 radical (unpaired) electrons. The predicted molar refractivity (Wildman–Crippen MR) is 86.1 cm³/mol. The van der Waals surface area contributed by atoms with Crippen LogP contribution in [0.2, 0.25) is 0 Å². The number of benzene rings is 1. The molecule has 1 aromatic carbocycles. The van der Waals surface area contributed by atoms with Gasteiger partial charge in [-0.2, -0.15) is 5.10 Å². The molecule has 1 N–H and O–H groups in total. The van der Waals surface area contributed by atoms with Gasteiger partial charge in [0.2, 0.25) is 0 Å². The number of rotatable bonds is 6. The van der Waals surface area contributed by atoms with Crippen LogP contribution in [0.4, 0.5) is 0 Å². The van der Waals surface area contributed by atoms with Gasteiger partial charge in [0.25, 0.3) is 0 Å². The third-order valence-electron chi connectivity index (χ3n) is 3.39. The van der Waals surface area contributed by atoms with Crippen LogP contribution in [0.25, 0.3) is 0 Å². The van der Waals surface area contributed by atoms with E-state index in [0.717, 1.165) is 11.4 Å². The monoisotopic (exact) mass is 289 g/mol. The second kappa shape index (κ2) is 6.95. The summed E-state index contributed by atoms with van der Waals surface area (Å²) in [5.41, 5.74) is 2.46. The minimum Gasteiger partial charge on any atom is -0.313 e. The number of thioether (sulfide) groups is 1. The van der Waals surface area contributed by atoms with Crippen molar-refractivity contribution in [1.29, 1.82) is 0 Å². The van der Waals surface area contributed by atoms with Crippen molar-refractivity contribution in [2.24, 2.45) is 0 Å². The zero-order chi connectivity index (χ0) is 14.5. The fourth-order valence-electron chi connectivity index (χ4n) is 1.92. The van der Waals surface area contributed by atoms with Crippen LogP contribution in [0.15, 0.2) is 41.4 Å². The SMILES string of the molecule is CNC(C)c1ccc(SCc2ccn(C(C)C)n2)cc1. The molecule has 1 atom stereocenters. The number of hydrogen-bond donors (Lipinski definition) is 1. The van der Waals surface area contributed by atoms with Crippen molar-refractivity contribution >= 4 is 11.8 Å². The lowest BCUT2D eigenvalue weighted by Gasteiger charge is -2.10. The Hall–Kier alpha value is -1.26. The minimum absolute atomic E-state index is 0.399. The van der Waals surface area contributed by atoms with Crippen LogP contribution in [-0.4, -0.2) is 16.8 Å². The molecule has 1 aromatic heterocycles. The van der Waals surface area contributed by atoms with Gasteiger partial charge in [-0.1, -0.05) is 12.1 Å². The Labute approximate surface area is 125 Å². The van der Waals surface area contributed by atoms with Crippen LogP contribution in [0.1, 0.15) is 44.1 Å². The molecule has 108 valence electrons. The second-order valence-corrected chi connectivity index (χ2v) is 6.30. The Balaban J connectivity index is 1.93. The molecule has 4 heteroatoms. The van der Waals surface area contributed by atoms with Gasteiger partial charge in [-0.25, -0.2) is 0 Å². The summed E-state index contributed by atoms with van der Waals surface area (Å²) < 4.78 is 2.01. The maximum atomic E-state index is 4.57. The van der Waals surface area contributed by atoms with Crippen LogP contribution >= 0.6 is 11.8 Å². The average molecular weight is 289 g/mol. The van der Waals surface area contributed by atoms with E-state index in [1.54, 1.807) is 0 Å². The molecular weight excluding hydrogens is 266 g/mol. The summed E-state index contributed by atoms with van der Waals surface area (Å²) >= 11 is 1.83. The smallest absolute Gasteiger partial charge is 0.0727 e. The van der Waals surface area contributed by atoms with E-state index >= 15 is 0 Å². The lowest BCUT2D eigenvalue weighted by Crippen LogP contribution is -2.11. The zero-order valence-corrected chi connectivity index (χ0v) is 13.4. The summed E-state index contributed by atoms with van der Waals surface area (Å²) in [6.45, 7) is 6.46. The molecule has 0 amide bonds.